The van der Waals surface area contributed by atoms with Crippen LogP contribution in [0.3, 0.4) is 0 Å². The summed E-state index contributed by atoms with van der Waals surface area (Å²) >= 11 is 11.9. The fraction of sp³-hybridized carbons (Fsp3) is 0.0500. The van der Waals surface area contributed by atoms with Gasteiger partial charge in [-0.3, -0.25) is 14.0 Å². The van der Waals surface area contributed by atoms with Gasteiger partial charge in [-0.1, -0.05) is 35.3 Å². The summed E-state index contributed by atoms with van der Waals surface area (Å²) < 4.78 is 1.37. The SMILES string of the molecule is O=C(NCc1cccc(Cl)c1)c1ccc2nc3cc(Cl)ccc3c(=O)n2c1. The molecule has 0 aliphatic heterocycles. The molecule has 0 atom stereocenters. The van der Waals surface area contributed by atoms with Crippen LogP contribution in [0.15, 0.2) is 65.6 Å². The number of fused-ring (bicyclic) bond motifs is 2. The van der Waals surface area contributed by atoms with Crippen molar-refractivity contribution < 1.29 is 4.79 Å². The lowest BCUT2D eigenvalue weighted by molar-refractivity contribution is 0.0950. The molecule has 0 bridgehead atoms. The predicted molar refractivity (Wildman–Crippen MR) is 107 cm³/mol. The molecule has 0 aliphatic carbocycles. The Balaban J connectivity index is 1.67. The second-order valence-corrected chi connectivity index (χ2v) is 6.91. The maximum atomic E-state index is 12.7. The van der Waals surface area contributed by atoms with Crippen LogP contribution in [-0.4, -0.2) is 15.3 Å². The Hall–Kier alpha value is -2.89. The predicted octanol–water partition coefficient (Wildman–Crippen LogP) is 4.08. The normalized spacial score (nSPS) is 11.0. The van der Waals surface area contributed by atoms with E-state index in [1.54, 1.807) is 42.5 Å². The zero-order valence-electron chi connectivity index (χ0n) is 13.9. The molecule has 4 rings (SSSR count). The van der Waals surface area contributed by atoms with Crippen LogP contribution < -0.4 is 10.9 Å². The fourth-order valence-electron chi connectivity index (χ4n) is 2.84. The van der Waals surface area contributed by atoms with Crippen LogP contribution in [0.4, 0.5) is 0 Å². The standard InChI is InChI=1S/C20H13Cl2N3O2/c21-14-3-1-2-12(8-14)10-23-19(26)13-4-7-18-24-17-9-15(22)5-6-16(17)20(27)25(18)11-13/h1-9,11H,10H2,(H,23,26). The number of aromatic nitrogens is 2. The molecule has 5 nitrogen and oxygen atoms in total. The van der Waals surface area contributed by atoms with E-state index in [9.17, 15) is 9.59 Å². The molecule has 0 unspecified atom stereocenters. The van der Waals surface area contributed by atoms with Crippen LogP contribution >= 0.6 is 23.2 Å². The number of rotatable bonds is 3. The van der Waals surface area contributed by atoms with E-state index in [0.717, 1.165) is 5.56 Å². The van der Waals surface area contributed by atoms with Crippen molar-refractivity contribution in [2.75, 3.05) is 0 Å². The highest BCUT2D eigenvalue weighted by atomic mass is 35.5. The van der Waals surface area contributed by atoms with Gasteiger partial charge >= 0.3 is 0 Å². The van der Waals surface area contributed by atoms with E-state index in [4.69, 9.17) is 23.2 Å². The van der Waals surface area contributed by atoms with Crippen molar-refractivity contribution in [3.63, 3.8) is 0 Å². The van der Waals surface area contributed by atoms with Gasteiger partial charge in [-0.25, -0.2) is 4.98 Å². The monoisotopic (exact) mass is 397 g/mol. The molecule has 0 spiro atoms. The van der Waals surface area contributed by atoms with Gasteiger partial charge in [-0.2, -0.15) is 0 Å². The van der Waals surface area contributed by atoms with Gasteiger partial charge in [0.25, 0.3) is 11.5 Å². The Labute approximate surface area is 164 Å². The number of hydrogen-bond acceptors (Lipinski definition) is 3. The number of nitrogens with one attached hydrogen (secondary N) is 1. The molecule has 0 fully saturated rings. The van der Waals surface area contributed by atoms with Gasteiger partial charge in [0.15, 0.2) is 0 Å². The van der Waals surface area contributed by atoms with Crippen molar-refractivity contribution in [3.8, 4) is 0 Å². The Morgan fingerprint density at radius 3 is 2.67 bits per heavy atom. The van der Waals surface area contributed by atoms with Gasteiger partial charge < -0.3 is 5.32 Å². The van der Waals surface area contributed by atoms with Crippen molar-refractivity contribution in [1.29, 1.82) is 0 Å². The Kier molecular flexibility index (Phi) is 4.56. The molecule has 0 radical (unpaired) electrons. The topological polar surface area (TPSA) is 63.5 Å². The highest BCUT2D eigenvalue weighted by Gasteiger charge is 2.10. The zero-order valence-corrected chi connectivity index (χ0v) is 15.5. The number of nitrogens with zero attached hydrogens (tertiary/aromatic N) is 2. The number of carbonyl (C=O) groups is 1. The maximum Gasteiger partial charge on any atom is 0.265 e. The van der Waals surface area contributed by atoms with Gasteiger partial charge in [0, 0.05) is 22.8 Å². The van der Waals surface area contributed by atoms with Crippen molar-refractivity contribution in [2.24, 2.45) is 0 Å². The Morgan fingerprint density at radius 1 is 1.04 bits per heavy atom. The van der Waals surface area contributed by atoms with Gasteiger partial charge in [-0.15, -0.1) is 0 Å². The van der Waals surface area contributed by atoms with Crippen LogP contribution in [0, 0.1) is 0 Å². The largest absolute Gasteiger partial charge is 0.348 e. The summed E-state index contributed by atoms with van der Waals surface area (Å²) in [4.78, 5) is 29.6. The highest BCUT2D eigenvalue weighted by Crippen LogP contribution is 2.16. The molecular formula is C20H13Cl2N3O2. The smallest absolute Gasteiger partial charge is 0.265 e. The van der Waals surface area contributed by atoms with E-state index < -0.39 is 0 Å². The Morgan fingerprint density at radius 2 is 1.85 bits per heavy atom. The molecule has 2 aromatic heterocycles. The first-order chi connectivity index (χ1) is 13.0. The van der Waals surface area contributed by atoms with E-state index >= 15 is 0 Å². The minimum Gasteiger partial charge on any atom is -0.348 e. The van der Waals surface area contributed by atoms with Crippen LogP contribution in [-0.2, 0) is 6.54 Å². The summed E-state index contributed by atoms with van der Waals surface area (Å²) in [6.07, 6.45) is 1.49. The van der Waals surface area contributed by atoms with Crippen LogP contribution in [0.2, 0.25) is 10.0 Å². The molecule has 4 aromatic rings. The molecule has 2 aromatic carbocycles. The summed E-state index contributed by atoms with van der Waals surface area (Å²) in [7, 11) is 0. The molecule has 7 heteroatoms. The second-order valence-electron chi connectivity index (χ2n) is 6.04. The van der Waals surface area contributed by atoms with Crippen molar-refractivity contribution in [2.45, 2.75) is 6.54 Å². The quantitative estimate of drug-likeness (QED) is 0.529. The van der Waals surface area contributed by atoms with Crippen LogP contribution in [0.25, 0.3) is 16.6 Å². The number of carbonyl (C=O) groups excluding carboxylic acids is 1. The summed E-state index contributed by atoms with van der Waals surface area (Å²) in [5.74, 6) is -0.292. The minimum absolute atomic E-state index is 0.254. The molecule has 2 heterocycles. The lowest BCUT2D eigenvalue weighted by Gasteiger charge is -2.08. The number of benzene rings is 2. The molecule has 27 heavy (non-hydrogen) atoms. The number of pyridine rings is 1. The first-order valence-electron chi connectivity index (χ1n) is 8.15. The zero-order chi connectivity index (χ0) is 19.0. The summed E-state index contributed by atoms with van der Waals surface area (Å²) in [6.45, 7) is 0.334. The third-order valence-corrected chi connectivity index (χ3v) is 4.65. The van der Waals surface area contributed by atoms with Crippen molar-refractivity contribution in [1.82, 2.24) is 14.7 Å². The fourth-order valence-corrected chi connectivity index (χ4v) is 3.22. The Bertz CT molecular complexity index is 1250. The third kappa shape index (κ3) is 3.52. The minimum atomic E-state index is -0.292. The van der Waals surface area contributed by atoms with Crippen molar-refractivity contribution in [3.05, 3.63) is 92.3 Å². The lowest BCUT2D eigenvalue weighted by Crippen LogP contribution is -2.24. The van der Waals surface area contributed by atoms with Crippen LogP contribution in [0.5, 0.6) is 0 Å². The van der Waals surface area contributed by atoms with E-state index in [1.807, 2.05) is 12.1 Å². The molecule has 134 valence electrons. The number of halogens is 2. The van der Waals surface area contributed by atoms with Gasteiger partial charge in [-0.05, 0) is 48.0 Å². The molecule has 1 amide bonds. The number of hydrogen-bond donors (Lipinski definition) is 1. The summed E-state index contributed by atoms with van der Waals surface area (Å²) in [6, 6.07) is 15.4. The van der Waals surface area contributed by atoms with E-state index in [2.05, 4.69) is 10.3 Å². The molecule has 0 aliphatic rings. The highest BCUT2D eigenvalue weighted by molar-refractivity contribution is 6.31. The summed E-state index contributed by atoms with van der Waals surface area (Å²) in [5, 5.41) is 4.38. The molecule has 0 saturated heterocycles. The molecule has 0 saturated carbocycles. The van der Waals surface area contributed by atoms with Gasteiger partial charge in [0.2, 0.25) is 0 Å². The molecular weight excluding hydrogens is 385 g/mol. The first kappa shape index (κ1) is 17.5. The lowest BCUT2D eigenvalue weighted by atomic mass is 10.2. The molecule has 1 N–H and O–H groups in total. The summed E-state index contributed by atoms with van der Waals surface area (Å²) in [5.41, 5.74) is 1.96. The average molecular weight is 398 g/mol. The number of amides is 1. The average Bonchev–Trinajstić information content (AvgIpc) is 2.66. The van der Waals surface area contributed by atoms with Gasteiger partial charge in [0.05, 0.1) is 16.5 Å². The van der Waals surface area contributed by atoms with Gasteiger partial charge in [0.1, 0.15) is 5.65 Å². The van der Waals surface area contributed by atoms with E-state index in [1.165, 1.54) is 10.6 Å². The van der Waals surface area contributed by atoms with Crippen molar-refractivity contribution >= 4 is 45.7 Å². The first-order valence-corrected chi connectivity index (χ1v) is 8.91. The van der Waals surface area contributed by atoms with E-state index in [0.29, 0.717) is 38.7 Å². The van der Waals surface area contributed by atoms with E-state index in [-0.39, 0.29) is 11.5 Å². The maximum absolute atomic E-state index is 12.7. The third-order valence-electron chi connectivity index (χ3n) is 4.18. The second kappa shape index (κ2) is 7.02. The van der Waals surface area contributed by atoms with Crippen LogP contribution in [0.1, 0.15) is 15.9 Å².